The van der Waals surface area contributed by atoms with Crippen molar-refractivity contribution in [2.75, 3.05) is 13.2 Å². The Morgan fingerprint density at radius 1 is 1.18 bits per heavy atom. The minimum absolute atomic E-state index is 0.105. The molecular formula is C28H29FN2O2. The van der Waals surface area contributed by atoms with Crippen LogP contribution in [-0.4, -0.2) is 29.1 Å². The molecular weight excluding hydrogens is 415 g/mol. The largest absolute Gasteiger partial charge is 0.395 e. The summed E-state index contributed by atoms with van der Waals surface area (Å²) in [6.07, 6.45) is 9.60. The van der Waals surface area contributed by atoms with Crippen molar-refractivity contribution in [3.05, 3.63) is 100 Å². The second-order valence-corrected chi connectivity index (χ2v) is 8.38. The van der Waals surface area contributed by atoms with Crippen LogP contribution in [0.5, 0.6) is 0 Å². The minimum Gasteiger partial charge on any atom is -0.395 e. The van der Waals surface area contributed by atoms with E-state index in [1.165, 1.54) is 17.2 Å². The number of hydrogen-bond acceptors (Lipinski definition) is 3. The molecule has 0 radical (unpaired) electrons. The molecule has 2 heterocycles. The molecule has 2 aliphatic rings. The van der Waals surface area contributed by atoms with Crippen molar-refractivity contribution in [2.45, 2.75) is 33.6 Å². The van der Waals surface area contributed by atoms with Crippen LogP contribution < -0.4 is 5.32 Å². The highest BCUT2D eigenvalue weighted by atomic mass is 19.1. The summed E-state index contributed by atoms with van der Waals surface area (Å²) in [6.45, 7) is 6.07. The molecule has 2 N–H and O–H groups in total. The van der Waals surface area contributed by atoms with Crippen molar-refractivity contribution in [2.24, 2.45) is 0 Å². The lowest BCUT2D eigenvalue weighted by Crippen LogP contribution is -2.35. The molecule has 0 atom stereocenters. The third kappa shape index (κ3) is 4.41. The van der Waals surface area contributed by atoms with Gasteiger partial charge >= 0.3 is 0 Å². The maximum absolute atomic E-state index is 14.0. The summed E-state index contributed by atoms with van der Waals surface area (Å²) >= 11 is 0. The SMILES string of the molecule is CCc1cccc(C2=CN3C(C(=O)NCCO)=CCC(C)=C3C=C2)c1-c1ccc(F)c(C)c1. The molecule has 0 saturated heterocycles. The maximum atomic E-state index is 14.0. The van der Waals surface area contributed by atoms with Crippen LogP contribution in [0.25, 0.3) is 16.7 Å². The fraction of sp³-hybridized carbons (Fsp3) is 0.250. The maximum Gasteiger partial charge on any atom is 0.268 e. The van der Waals surface area contributed by atoms with E-state index < -0.39 is 0 Å². The number of halogens is 1. The van der Waals surface area contributed by atoms with E-state index in [1.54, 1.807) is 6.92 Å². The van der Waals surface area contributed by atoms with Gasteiger partial charge < -0.3 is 15.3 Å². The standard InChI is InChI=1S/C28H29FN2O2/c1-4-20-6-5-7-23(27(20)21-9-11-24(29)19(3)16-21)22-10-13-25-18(2)8-12-26(31(25)17-22)28(33)30-14-15-32/h5-7,9-13,16-17,32H,4,8,14-15H2,1-3H3,(H,30,33). The molecule has 1 amide bonds. The van der Waals surface area contributed by atoms with E-state index in [0.29, 0.717) is 17.7 Å². The molecule has 2 aromatic carbocycles. The fourth-order valence-corrected chi connectivity index (χ4v) is 4.40. The van der Waals surface area contributed by atoms with Gasteiger partial charge in [-0.25, -0.2) is 4.39 Å². The van der Waals surface area contributed by atoms with Crippen LogP contribution in [0, 0.1) is 12.7 Å². The first-order chi connectivity index (χ1) is 15.9. The van der Waals surface area contributed by atoms with Crippen LogP contribution in [0.4, 0.5) is 4.39 Å². The zero-order valence-electron chi connectivity index (χ0n) is 19.3. The Bertz CT molecular complexity index is 1220. The smallest absolute Gasteiger partial charge is 0.268 e. The number of carbonyl (C=O) groups is 1. The summed E-state index contributed by atoms with van der Waals surface area (Å²) in [5, 5.41) is 11.9. The van der Waals surface area contributed by atoms with E-state index >= 15 is 0 Å². The Hall–Kier alpha value is -3.44. The van der Waals surface area contributed by atoms with Gasteiger partial charge in [0.15, 0.2) is 0 Å². The summed E-state index contributed by atoms with van der Waals surface area (Å²) in [5.41, 5.74) is 8.57. The number of aliphatic hydroxyl groups is 1. The number of nitrogens with zero attached hydrogens (tertiary/aromatic N) is 1. The normalized spacial score (nSPS) is 15.2. The number of carbonyl (C=O) groups excluding carboxylic acids is 1. The van der Waals surface area contributed by atoms with E-state index in [-0.39, 0.29) is 24.9 Å². The zero-order valence-corrected chi connectivity index (χ0v) is 19.3. The van der Waals surface area contributed by atoms with Crippen molar-refractivity contribution < 1.29 is 14.3 Å². The molecule has 4 nitrogen and oxygen atoms in total. The van der Waals surface area contributed by atoms with Gasteiger partial charge in [0.25, 0.3) is 5.91 Å². The number of nitrogens with one attached hydrogen (secondary N) is 1. The summed E-state index contributed by atoms with van der Waals surface area (Å²) in [5.74, 6) is -0.426. The second kappa shape index (κ2) is 9.59. The fourth-order valence-electron chi connectivity index (χ4n) is 4.40. The van der Waals surface area contributed by atoms with Crippen LogP contribution in [0.2, 0.25) is 0 Å². The first-order valence-electron chi connectivity index (χ1n) is 11.3. The van der Waals surface area contributed by atoms with E-state index in [4.69, 9.17) is 5.11 Å². The quantitative estimate of drug-likeness (QED) is 0.640. The van der Waals surface area contributed by atoms with Crippen LogP contribution in [-0.2, 0) is 11.2 Å². The first kappa shape index (κ1) is 22.7. The monoisotopic (exact) mass is 444 g/mol. The molecule has 170 valence electrons. The summed E-state index contributed by atoms with van der Waals surface area (Å²) in [6, 6.07) is 11.5. The van der Waals surface area contributed by atoms with Crippen LogP contribution >= 0.6 is 0 Å². The molecule has 0 unspecified atom stereocenters. The van der Waals surface area contributed by atoms with Gasteiger partial charge in [0.05, 0.1) is 6.61 Å². The Morgan fingerprint density at radius 2 is 2.00 bits per heavy atom. The third-order valence-corrected chi connectivity index (χ3v) is 6.17. The molecule has 2 aliphatic heterocycles. The highest BCUT2D eigenvalue weighted by Crippen LogP contribution is 2.38. The molecule has 0 aliphatic carbocycles. The lowest BCUT2D eigenvalue weighted by atomic mass is 9.87. The molecule has 33 heavy (non-hydrogen) atoms. The topological polar surface area (TPSA) is 52.6 Å². The number of amides is 1. The van der Waals surface area contributed by atoms with Crippen molar-refractivity contribution in [1.29, 1.82) is 0 Å². The van der Waals surface area contributed by atoms with Crippen molar-refractivity contribution in [3.8, 4) is 11.1 Å². The Morgan fingerprint density at radius 3 is 2.73 bits per heavy atom. The van der Waals surface area contributed by atoms with E-state index in [0.717, 1.165) is 34.4 Å². The highest BCUT2D eigenvalue weighted by Gasteiger charge is 2.26. The zero-order chi connectivity index (χ0) is 23.5. The average Bonchev–Trinajstić information content (AvgIpc) is 2.83. The molecule has 0 saturated carbocycles. The van der Waals surface area contributed by atoms with E-state index in [1.807, 2.05) is 35.4 Å². The molecule has 0 spiro atoms. The summed E-state index contributed by atoms with van der Waals surface area (Å²) in [7, 11) is 0. The molecule has 0 bridgehead atoms. The number of allylic oxidation sites excluding steroid dienone is 5. The van der Waals surface area contributed by atoms with Gasteiger partial charge in [-0.05, 0) is 83.9 Å². The van der Waals surface area contributed by atoms with Crippen LogP contribution in [0.3, 0.4) is 0 Å². The van der Waals surface area contributed by atoms with Crippen molar-refractivity contribution in [1.82, 2.24) is 10.2 Å². The molecule has 5 heteroatoms. The summed E-state index contributed by atoms with van der Waals surface area (Å²) in [4.78, 5) is 14.7. The molecule has 4 rings (SSSR count). The number of aryl methyl sites for hydroxylation is 2. The van der Waals surface area contributed by atoms with Gasteiger partial charge in [0.1, 0.15) is 11.5 Å². The third-order valence-electron chi connectivity index (χ3n) is 6.17. The van der Waals surface area contributed by atoms with Crippen molar-refractivity contribution >= 4 is 11.5 Å². The number of aliphatic hydroxyl groups excluding tert-OH is 1. The van der Waals surface area contributed by atoms with Gasteiger partial charge in [-0.3, -0.25) is 4.79 Å². The predicted octanol–water partition coefficient (Wildman–Crippen LogP) is 5.25. The number of rotatable bonds is 6. The lowest BCUT2D eigenvalue weighted by molar-refractivity contribution is -0.118. The number of benzene rings is 2. The van der Waals surface area contributed by atoms with Gasteiger partial charge in [-0.2, -0.15) is 0 Å². The average molecular weight is 445 g/mol. The minimum atomic E-state index is -0.215. The van der Waals surface area contributed by atoms with Gasteiger partial charge in [0.2, 0.25) is 0 Å². The van der Waals surface area contributed by atoms with Gasteiger partial charge in [0, 0.05) is 18.4 Å². The second-order valence-electron chi connectivity index (χ2n) is 8.38. The number of hydrogen-bond donors (Lipinski definition) is 2. The van der Waals surface area contributed by atoms with E-state index in [2.05, 4.69) is 43.4 Å². The Kier molecular flexibility index (Phi) is 6.61. The summed E-state index contributed by atoms with van der Waals surface area (Å²) < 4.78 is 14.0. The highest BCUT2D eigenvalue weighted by molar-refractivity contribution is 5.95. The van der Waals surface area contributed by atoms with Crippen LogP contribution in [0.15, 0.2) is 77.8 Å². The number of fused-ring (bicyclic) bond motifs is 1. The Labute approximate surface area is 194 Å². The first-order valence-corrected chi connectivity index (χ1v) is 11.3. The predicted molar refractivity (Wildman–Crippen MR) is 130 cm³/mol. The van der Waals surface area contributed by atoms with Crippen molar-refractivity contribution in [3.63, 3.8) is 0 Å². The van der Waals surface area contributed by atoms with Gasteiger partial charge in [-0.15, -0.1) is 0 Å². The lowest BCUT2D eigenvalue weighted by Gasteiger charge is -2.32. The van der Waals surface area contributed by atoms with Gasteiger partial charge in [-0.1, -0.05) is 43.3 Å². The Balaban J connectivity index is 1.82. The van der Waals surface area contributed by atoms with Crippen LogP contribution in [0.1, 0.15) is 37.0 Å². The molecule has 2 aromatic rings. The molecule has 0 aromatic heterocycles. The van der Waals surface area contributed by atoms with E-state index in [9.17, 15) is 9.18 Å². The molecule has 0 fully saturated rings.